The van der Waals surface area contributed by atoms with Gasteiger partial charge in [0.25, 0.3) is 5.91 Å². The number of pyridine rings is 1. The van der Waals surface area contributed by atoms with Crippen molar-refractivity contribution >= 4 is 15.9 Å². The number of nitrogens with zero attached hydrogens (tertiary/aromatic N) is 2. The molecule has 150 valence electrons. The summed E-state index contributed by atoms with van der Waals surface area (Å²) in [6, 6.07) is 9.83. The van der Waals surface area contributed by atoms with E-state index >= 15 is 0 Å². The number of benzene rings is 1. The molecule has 0 atom stereocenters. The lowest BCUT2D eigenvalue weighted by Crippen LogP contribution is -2.46. The van der Waals surface area contributed by atoms with Gasteiger partial charge in [-0.15, -0.1) is 0 Å². The first kappa shape index (κ1) is 20.1. The molecular weight excluding hydrogens is 382 g/mol. The molecule has 0 unspecified atom stereocenters. The van der Waals surface area contributed by atoms with Gasteiger partial charge in [0.15, 0.2) is 11.4 Å². The molecular formula is C19H23N3O5S. The van der Waals surface area contributed by atoms with Crippen LogP contribution < -0.4 is 10.2 Å². The van der Waals surface area contributed by atoms with E-state index in [0.29, 0.717) is 24.3 Å². The molecule has 0 aliphatic carbocycles. The van der Waals surface area contributed by atoms with E-state index in [1.165, 1.54) is 10.6 Å². The zero-order valence-electron chi connectivity index (χ0n) is 15.8. The van der Waals surface area contributed by atoms with Crippen molar-refractivity contribution in [3.05, 3.63) is 63.6 Å². The molecule has 1 aliphatic rings. The van der Waals surface area contributed by atoms with Gasteiger partial charge >= 0.3 is 0 Å². The van der Waals surface area contributed by atoms with E-state index in [0.717, 1.165) is 0 Å². The van der Waals surface area contributed by atoms with Crippen LogP contribution in [0.1, 0.15) is 35.6 Å². The first-order valence-corrected chi connectivity index (χ1v) is 10.6. The SMILES string of the molecule is CC(C)N1CCn2c(CNS(=O)(=O)Cc3ccccc3)cc(=O)c(O)c2C1=O. The van der Waals surface area contributed by atoms with Crippen LogP contribution in [0.2, 0.25) is 0 Å². The molecule has 1 aromatic heterocycles. The highest BCUT2D eigenvalue weighted by atomic mass is 32.2. The van der Waals surface area contributed by atoms with Gasteiger partial charge in [0.2, 0.25) is 15.5 Å². The van der Waals surface area contributed by atoms with Crippen molar-refractivity contribution in [2.75, 3.05) is 6.54 Å². The van der Waals surface area contributed by atoms with Gasteiger partial charge in [-0.3, -0.25) is 9.59 Å². The average Bonchev–Trinajstić information content (AvgIpc) is 2.63. The number of carbonyl (C=O) groups is 1. The Morgan fingerprint density at radius 2 is 1.82 bits per heavy atom. The van der Waals surface area contributed by atoms with Crippen molar-refractivity contribution < 1.29 is 18.3 Å². The zero-order chi connectivity index (χ0) is 20.5. The van der Waals surface area contributed by atoms with Crippen LogP contribution >= 0.6 is 0 Å². The lowest BCUT2D eigenvalue weighted by atomic mass is 10.1. The standard InChI is InChI=1S/C19H23N3O5S/c1-13(2)21-8-9-22-15(10-16(23)18(24)17(22)19(21)25)11-20-28(26,27)12-14-6-4-3-5-7-14/h3-7,10,13,20,24H,8-9,11-12H2,1-2H3. The van der Waals surface area contributed by atoms with Crippen LogP contribution in [0, 0.1) is 0 Å². The molecule has 3 rings (SSSR count). The van der Waals surface area contributed by atoms with E-state index < -0.39 is 27.1 Å². The third kappa shape index (κ3) is 4.10. The number of fused-ring (bicyclic) bond motifs is 1. The Morgan fingerprint density at radius 3 is 2.46 bits per heavy atom. The Hall–Kier alpha value is -2.65. The van der Waals surface area contributed by atoms with Crippen molar-refractivity contribution in [1.82, 2.24) is 14.2 Å². The quantitative estimate of drug-likeness (QED) is 0.746. The molecule has 1 aromatic carbocycles. The summed E-state index contributed by atoms with van der Waals surface area (Å²) >= 11 is 0. The second-order valence-corrected chi connectivity index (χ2v) is 8.81. The van der Waals surface area contributed by atoms with Gasteiger partial charge in [-0.2, -0.15) is 0 Å². The Morgan fingerprint density at radius 1 is 1.14 bits per heavy atom. The van der Waals surface area contributed by atoms with E-state index in [9.17, 15) is 23.1 Å². The molecule has 28 heavy (non-hydrogen) atoms. The molecule has 0 spiro atoms. The molecule has 2 N–H and O–H groups in total. The van der Waals surface area contributed by atoms with Gasteiger partial charge in [-0.1, -0.05) is 30.3 Å². The van der Waals surface area contributed by atoms with Crippen LogP contribution in [0.4, 0.5) is 0 Å². The number of nitrogens with one attached hydrogen (secondary N) is 1. The fraction of sp³-hybridized carbons (Fsp3) is 0.368. The molecule has 9 heteroatoms. The fourth-order valence-electron chi connectivity index (χ4n) is 3.27. The monoisotopic (exact) mass is 405 g/mol. The van der Waals surface area contributed by atoms with Crippen molar-refractivity contribution in [3.8, 4) is 5.75 Å². The third-order valence-electron chi connectivity index (χ3n) is 4.70. The van der Waals surface area contributed by atoms with Crippen molar-refractivity contribution in [3.63, 3.8) is 0 Å². The number of aromatic hydroxyl groups is 1. The molecule has 2 heterocycles. The Balaban J connectivity index is 1.87. The number of amides is 1. The maximum Gasteiger partial charge on any atom is 0.274 e. The van der Waals surface area contributed by atoms with Gasteiger partial charge in [0.1, 0.15) is 0 Å². The minimum atomic E-state index is -3.64. The third-order valence-corrected chi connectivity index (χ3v) is 5.99. The maximum absolute atomic E-state index is 12.7. The lowest BCUT2D eigenvalue weighted by Gasteiger charge is -2.34. The zero-order valence-corrected chi connectivity index (χ0v) is 16.6. The van der Waals surface area contributed by atoms with Crippen LogP contribution in [-0.4, -0.2) is 41.5 Å². The molecule has 1 amide bonds. The second-order valence-electron chi connectivity index (χ2n) is 7.01. The fourth-order valence-corrected chi connectivity index (χ4v) is 4.37. The number of aromatic nitrogens is 1. The van der Waals surface area contributed by atoms with Gasteiger partial charge < -0.3 is 14.6 Å². The van der Waals surface area contributed by atoms with Gasteiger partial charge in [0.05, 0.1) is 12.3 Å². The van der Waals surface area contributed by atoms with Crippen LogP contribution in [0.5, 0.6) is 5.75 Å². The molecule has 1 aliphatic heterocycles. The summed E-state index contributed by atoms with van der Waals surface area (Å²) < 4.78 is 28.7. The van der Waals surface area contributed by atoms with Crippen LogP contribution in [0.25, 0.3) is 0 Å². The summed E-state index contributed by atoms with van der Waals surface area (Å²) in [7, 11) is -3.64. The highest BCUT2D eigenvalue weighted by Crippen LogP contribution is 2.22. The van der Waals surface area contributed by atoms with Crippen molar-refractivity contribution in [2.24, 2.45) is 0 Å². The Bertz CT molecular complexity index is 1050. The number of rotatable bonds is 6. The number of carbonyl (C=O) groups excluding carboxylic acids is 1. The lowest BCUT2D eigenvalue weighted by molar-refractivity contribution is 0.0639. The van der Waals surface area contributed by atoms with E-state index in [1.807, 2.05) is 13.8 Å². The molecule has 2 aromatic rings. The Kier molecular flexibility index (Phi) is 5.57. The van der Waals surface area contributed by atoms with E-state index in [1.54, 1.807) is 35.2 Å². The maximum atomic E-state index is 12.7. The van der Waals surface area contributed by atoms with Crippen LogP contribution in [0.15, 0.2) is 41.2 Å². The minimum absolute atomic E-state index is 0.0798. The molecule has 0 saturated carbocycles. The minimum Gasteiger partial charge on any atom is -0.503 e. The van der Waals surface area contributed by atoms with Crippen LogP contribution in [0.3, 0.4) is 0 Å². The van der Waals surface area contributed by atoms with E-state index in [2.05, 4.69) is 4.72 Å². The molecule has 0 saturated heterocycles. The predicted molar refractivity (Wildman–Crippen MR) is 104 cm³/mol. The normalized spacial score (nSPS) is 14.4. The number of hydrogen-bond donors (Lipinski definition) is 2. The first-order valence-electron chi connectivity index (χ1n) is 8.97. The van der Waals surface area contributed by atoms with E-state index in [-0.39, 0.29) is 24.0 Å². The smallest absolute Gasteiger partial charge is 0.274 e. The van der Waals surface area contributed by atoms with Gasteiger partial charge in [-0.25, -0.2) is 13.1 Å². The topological polar surface area (TPSA) is 109 Å². The summed E-state index contributed by atoms with van der Waals surface area (Å²) in [5.74, 6) is -1.24. The summed E-state index contributed by atoms with van der Waals surface area (Å²) in [5, 5.41) is 10.1. The Labute approximate surface area is 163 Å². The largest absolute Gasteiger partial charge is 0.503 e. The van der Waals surface area contributed by atoms with E-state index in [4.69, 9.17) is 0 Å². The molecule has 0 radical (unpaired) electrons. The summed E-state index contributed by atoms with van der Waals surface area (Å²) in [5.41, 5.74) is 0.181. The van der Waals surface area contributed by atoms with Crippen molar-refractivity contribution in [2.45, 2.75) is 38.7 Å². The molecule has 0 fully saturated rings. The highest BCUT2D eigenvalue weighted by Gasteiger charge is 2.31. The molecule has 0 bridgehead atoms. The average molecular weight is 405 g/mol. The number of hydrogen-bond acceptors (Lipinski definition) is 5. The summed E-state index contributed by atoms with van der Waals surface area (Å²) in [6.45, 7) is 4.33. The van der Waals surface area contributed by atoms with Gasteiger partial charge in [0, 0.05) is 30.9 Å². The first-order chi connectivity index (χ1) is 13.2. The second kappa shape index (κ2) is 7.76. The molecule has 8 nitrogen and oxygen atoms in total. The van der Waals surface area contributed by atoms with Gasteiger partial charge in [-0.05, 0) is 19.4 Å². The predicted octanol–water partition coefficient (Wildman–Crippen LogP) is 1.04. The van der Waals surface area contributed by atoms with Crippen molar-refractivity contribution in [1.29, 1.82) is 0 Å². The summed E-state index contributed by atoms with van der Waals surface area (Å²) in [6.07, 6.45) is 0. The van der Waals surface area contributed by atoms with Crippen LogP contribution in [-0.2, 0) is 28.9 Å². The highest BCUT2D eigenvalue weighted by molar-refractivity contribution is 7.88. The number of sulfonamides is 1. The summed E-state index contributed by atoms with van der Waals surface area (Å²) in [4.78, 5) is 26.4.